The van der Waals surface area contributed by atoms with Gasteiger partial charge in [-0.05, 0) is 38.0 Å². The SMILES string of the molecule is Cc1cccc(-c2nc(N(C)C3CCCCC3)c3ccccc3n2)c1. The number of hydrogen-bond donors (Lipinski definition) is 0. The molecule has 25 heavy (non-hydrogen) atoms. The van der Waals surface area contributed by atoms with Gasteiger partial charge in [-0.1, -0.05) is 55.2 Å². The van der Waals surface area contributed by atoms with Crippen molar-refractivity contribution in [1.82, 2.24) is 9.97 Å². The molecule has 0 atom stereocenters. The number of aromatic nitrogens is 2. The topological polar surface area (TPSA) is 29.0 Å². The fourth-order valence-corrected chi connectivity index (χ4v) is 3.88. The molecule has 3 heteroatoms. The van der Waals surface area contributed by atoms with E-state index in [1.165, 1.54) is 37.7 Å². The van der Waals surface area contributed by atoms with Crippen LogP contribution < -0.4 is 4.90 Å². The molecule has 0 amide bonds. The van der Waals surface area contributed by atoms with Crippen molar-refractivity contribution >= 4 is 16.7 Å². The summed E-state index contributed by atoms with van der Waals surface area (Å²) < 4.78 is 0. The number of benzene rings is 2. The minimum atomic E-state index is 0.581. The number of rotatable bonds is 3. The third-order valence-corrected chi connectivity index (χ3v) is 5.32. The maximum atomic E-state index is 5.00. The van der Waals surface area contributed by atoms with E-state index >= 15 is 0 Å². The lowest BCUT2D eigenvalue weighted by molar-refractivity contribution is 0.426. The number of para-hydroxylation sites is 1. The van der Waals surface area contributed by atoms with Gasteiger partial charge >= 0.3 is 0 Å². The summed E-state index contributed by atoms with van der Waals surface area (Å²) in [5, 5.41) is 1.15. The van der Waals surface area contributed by atoms with Gasteiger partial charge in [0.1, 0.15) is 5.82 Å². The van der Waals surface area contributed by atoms with Gasteiger partial charge in [0.25, 0.3) is 0 Å². The first kappa shape index (κ1) is 16.1. The maximum Gasteiger partial charge on any atom is 0.162 e. The highest BCUT2D eigenvalue weighted by Crippen LogP contribution is 2.31. The van der Waals surface area contributed by atoms with E-state index in [0.29, 0.717) is 6.04 Å². The molecule has 1 saturated carbocycles. The normalized spacial score (nSPS) is 15.4. The number of aryl methyl sites for hydroxylation is 1. The summed E-state index contributed by atoms with van der Waals surface area (Å²) in [5.74, 6) is 1.88. The van der Waals surface area contributed by atoms with E-state index in [2.05, 4.69) is 67.4 Å². The Kier molecular flexibility index (Phi) is 4.39. The highest BCUT2D eigenvalue weighted by atomic mass is 15.2. The maximum absolute atomic E-state index is 5.00. The zero-order valence-corrected chi connectivity index (χ0v) is 15.1. The van der Waals surface area contributed by atoms with E-state index in [1.54, 1.807) is 0 Å². The molecule has 4 rings (SSSR count). The Bertz CT molecular complexity index is 881. The van der Waals surface area contributed by atoms with Crippen LogP contribution in [0.4, 0.5) is 5.82 Å². The monoisotopic (exact) mass is 331 g/mol. The Hall–Kier alpha value is -2.42. The van der Waals surface area contributed by atoms with Crippen molar-refractivity contribution in [2.45, 2.75) is 45.1 Å². The van der Waals surface area contributed by atoms with E-state index in [-0.39, 0.29) is 0 Å². The highest BCUT2D eigenvalue weighted by Gasteiger charge is 2.21. The fourth-order valence-electron chi connectivity index (χ4n) is 3.88. The van der Waals surface area contributed by atoms with Crippen LogP contribution in [0.5, 0.6) is 0 Å². The molecule has 3 aromatic rings. The van der Waals surface area contributed by atoms with Crippen molar-refractivity contribution < 1.29 is 0 Å². The van der Waals surface area contributed by atoms with Crippen LogP contribution in [0.15, 0.2) is 48.5 Å². The van der Waals surface area contributed by atoms with E-state index in [1.807, 2.05) is 0 Å². The summed E-state index contributed by atoms with van der Waals surface area (Å²) in [7, 11) is 2.20. The molecule has 1 aliphatic rings. The van der Waals surface area contributed by atoms with Crippen molar-refractivity contribution in [3.63, 3.8) is 0 Å². The summed E-state index contributed by atoms with van der Waals surface area (Å²) in [6.07, 6.45) is 6.53. The van der Waals surface area contributed by atoms with Gasteiger partial charge in [0.2, 0.25) is 0 Å². The number of anilines is 1. The molecule has 3 nitrogen and oxygen atoms in total. The van der Waals surface area contributed by atoms with Crippen LogP contribution in [-0.2, 0) is 0 Å². The van der Waals surface area contributed by atoms with Crippen molar-refractivity contribution in [2.24, 2.45) is 0 Å². The van der Waals surface area contributed by atoms with Crippen LogP contribution in [-0.4, -0.2) is 23.1 Å². The van der Waals surface area contributed by atoms with Crippen molar-refractivity contribution in [3.8, 4) is 11.4 Å². The molecule has 0 saturated heterocycles. The molecular weight excluding hydrogens is 306 g/mol. The first-order valence-electron chi connectivity index (χ1n) is 9.29. The predicted octanol–water partition coefficient (Wildman–Crippen LogP) is 5.37. The van der Waals surface area contributed by atoms with Crippen LogP contribution in [0.2, 0.25) is 0 Å². The standard InChI is InChI=1S/C22H25N3/c1-16-9-8-10-17(15-16)21-23-20-14-7-6-13-19(20)22(24-21)25(2)18-11-4-3-5-12-18/h6-10,13-15,18H,3-5,11-12H2,1-2H3. The Morgan fingerprint density at radius 3 is 2.52 bits per heavy atom. The lowest BCUT2D eigenvalue weighted by atomic mass is 9.94. The van der Waals surface area contributed by atoms with Crippen LogP contribution in [0.25, 0.3) is 22.3 Å². The average molecular weight is 331 g/mol. The average Bonchev–Trinajstić information content (AvgIpc) is 2.67. The Morgan fingerprint density at radius 2 is 1.72 bits per heavy atom. The van der Waals surface area contributed by atoms with Gasteiger partial charge in [0.05, 0.1) is 5.52 Å². The molecule has 0 unspecified atom stereocenters. The molecule has 1 aliphatic carbocycles. The van der Waals surface area contributed by atoms with Crippen LogP contribution in [0.3, 0.4) is 0 Å². The lowest BCUT2D eigenvalue weighted by Gasteiger charge is -2.32. The number of fused-ring (bicyclic) bond motifs is 1. The van der Waals surface area contributed by atoms with Crippen LogP contribution in [0.1, 0.15) is 37.7 Å². The molecule has 128 valence electrons. The molecular formula is C22H25N3. The Morgan fingerprint density at radius 1 is 0.920 bits per heavy atom. The van der Waals surface area contributed by atoms with Gasteiger partial charge in [-0.3, -0.25) is 0 Å². The zero-order valence-electron chi connectivity index (χ0n) is 15.1. The summed E-state index contributed by atoms with van der Waals surface area (Å²) in [6, 6.07) is 17.4. The van der Waals surface area contributed by atoms with E-state index in [4.69, 9.17) is 9.97 Å². The molecule has 2 aromatic carbocycles. The quantitative estimate of drug-likeness (QED) is 0.645. The lowest BCUT2D eigenvalue weighted by Crippen LogP contribution is -2.34. The Labute approximate surface area is 149 Å². The first-order valence-corrected chi connectivity index (χ1v) is 9.29. The minimum absolute atomic E-state index is 0.581. The van der Waals surface area contributed by atoms with E-state index in [0.717, 1.165) is 28.1 Å². The summed E-state index contributed by atoms with van der Waals surface area (Å²) in [5.41, 5.74) is 3.34. The van der Waals surface area contributed by atoms with Crippen molar-refractivity contribution in [1.29, 1.82) is 0 Å². The first-order chi connectivity index (χ1) is 12.2. The molecule has 0 spiro atoms. The van der Waals surface area contributed by atoms with Gasteiger partial charge in [-0.25, -0.2) is 9.97 Å². The van der Waals surface area contributed by atoms with Crippen LogP contribution in [0, 0.1) is 6.92 Å². The minimum Gasteiger partial charge on any atom is -0.356 e. The smallest absolute Gasteiger partial charge is 0.162 e. The second-order valence-electron chi connectivity index (χ2n) is 7.16. The molecule has 0 N–H and O–H groups in total. The van der Waals surface area contributed by atoms with Crippen molar-refractivity contribution in [2.75, 3.05) is 11.9 Å². The predicted molar refractivity (Wildman–Crippen MR) is 105 cm³/mol. The van der Waals surface area contributed by atoms with Gasteiger partial charge in [0, 0.05) is 24.0 Å². The third-order valence-electron chi connectivity index (χ3n) is 5.32. The Balaban J connectivity index is 1.84. The summed E-state index contributed by atoms with van der Waals surface area (Å²) >= 11 is 0. The molecule has 0 radical (unpaired) electrons. The van der Waals surface area contributed by atoms with Gasteiger partial charge < -0.3 is 4.90 Å². The highest BCUT2D eigenvalue weighted by molar-refractivity contribution is 5.91. The van der Waals surface area contributed by atoms with Gasteiger partial charge in [0.15, 0.2) is 5.82 Å². The molecule has 1 heterocycles. The van der Waals surface area contributed by atoms with Crippen molar-refractivity contribution in [3.05, 3.63) is 54.1 Å². The van der Waals surface area contributed by atoms with E-state index in [9.17, 15) is 0 Å². The summed E-state index contributed by atoms with van der Waals surface area (Å²) in [4.78, 5) is 12.2. The second-order valence-corrected chi connectivity index (χ2v) is 7.16. The summed E-state index contributed by atoms with van der Waals surface area (Å²) in [6.45, 7) is 2.11. The molecule has 1 fully saturated rings. The number of hydrogen-bond acceptors (Lipinski definition) is 3. The van der Waals surface area contributed by atoms with Crippen LogP contribution >= 0.6 is 0 Å². The van der Waals surface area contributed by atoms with Gasteiger partial charge in [-0.2, -0.15) is 0 Å². The largest absolute Gasteiger partial charge is 0.356 e. The fraction of sp³-hybridized carbons (Fsp3) is 0.364. The third kappa shape index (κ3) is 3.23. The molecule has 0 aliphatic heterocycles. The van der Waals surface area contributed by atoms with Gasteiger partial charge in [-0.15, -0.1) is 0 Å². The zero-order chi connectivity index (χ0) is 17.2. The molecule has 1 aromatic heterocycles. The van der Waals surface area contributed by atoms with E-state index < -0.39 is 0 Å². The number of nitrogens with zero attached hydrogens (tertiary/aromatic N) is 3. The molecule has 0 bridgehead atoms. The second kappa shape index (κ2) is 6.83.